The van der Waals surface area contributed by atoms with Gasteiger partial charge in [-0.15, -0.1) is 0 Å². The normalized spacial score (nSPS) is 22.5. The summed E-state index contributed by atoms with van der Waals surface area (Å²) in [5, 5.41) is 0. The van der Waals surface area contributed by atoms with Gasteiger partial charge in [-0.1, -0.05) is 12.1 Å². The highest BCUT2D eigenvalue weighted by Crippen LogP contribution is 2.30. The van der Waals surface area contributed by atoms with Crippen molar-refractivity contribution in [3.63, 3.8) is 0 Å². The number of benzene rings is 1. The Hall–Kier alpha value is -1.49. The number of carbonyl (C=O) groups is 1. The molecule has 8 nitrogen and oxygen atoms in total. The van der Waals surface area contributed by atoms with E-state index >= 15 is 0 Å². The maximum Gasteiger partial charge on any atom is 0.245 e. The smallest absolute Gasteiger partial charge is 0.245 e. The molecular weight excluding hydrogens is 380 g/mol. The van der Waals surface area contributed by atoms with Gasteiger partial charge >= 0.3 is 0 Å². The zero-order valence-corrected chi connectivity index (χ0v) is 16.1. The minimum Gasteiger partial charge on any atom is -0.378 e. The van der Waals surface area contributed by atoms with Gasteiger partial charge in [-0.3, -0.25) is 4.79 Å². The molecule has 1 aromatic rings. The third-order valence-corrected chi connectivity index (χ3v) is 7.90. The van der Waals surface area contributed by atoms with Crippen LogP contribution < -0.4 is 0 Å². The third-order valence-electron chi connectivity index (χ3n) is 4.65. The molecule has 26 heavy (non-hydrogen) atoms. The summed E-state index contributed by atoms with van der Waals surface area (Å²) in [4.78, 5) is 13.9. The lowest BCUT2D eigenvalue weighted by molar-refractivity contribution is -0.138. The molecule has 0 N–H and O–H groups in total. The van der Waals surface area contributed by atoms with Crippen LogP contribution in [0.3, 0.4) is 0 Å². The molecule has 1 unspecified atom stereocenters. The maximum absolute atomic E-state index is 13.2. The fraction of sp³-hybridized carbons (Fsp3) is 0.562. The van der Waals surface area contributed by atoms with Crippen LogP contribution in [0.2, 0.25) is 0 Å². The number of hydrogen-bond acceptors (Lipinski definition) is 6. The molecule has 2 saturated heterocycles. The molecule has 2 aliphatic heterocycles. The van der Waals surface area contributed by atoms with Crippen molar-refractivity contribution in [2.45, 2.75) is 28.7 Å². The number of rotatable bonds is 4. The highest BCUT2D eigenvalue weighted by Gasteiger charge is 2.42. The van der Waals surface area contributed by atoms with Crippen molar-refractivity contribution < 1.29 is 26.4 Å². The molecule has 2 aliphatic rings. The summed E-state index contributed by atoms with van der Waals surface area (Å²) in [6, 6.07) is 4.72. The lowest BCUT2D eigenvalue weighted by Crippen LogP contribution is -2.51. The van der Waals surface area contributed by atoms with E-state index in [9.17, 15) is 21.6 Å². The zero-order chi connectivity index (χ0) is 18.9. The fourth-order valence-electron chi connectivity index (χ4n) is 3.37. The number of morpholine rings is 1. The van der Waals surface area contributed by atoms with Crippen LogP contribution in [-0.2, 0) is 29.4 Å². The number of amides is 1. The fourth-order valence-corrected chi connectivity index (χ4v) is 6.62. The third kappa shape index (κ3) is 3.64. The highest BCUT2D eigenvalue weighted by molar-refractivity contribution is 7.93. The van der Waals surface area contributed by atoms with Gasteiger partial charge < -0.3 is 9.64 Å². The van der Waals surface area contributed by atoms with E-state index in [0.717, 1.165) is 10.6 Å². The molecule has 0 aromatic heterocycles. The first-order chi connectivity index (χ1) is 12.2. The summed E-state index contributed by atoms with van der Waals surface area (Å²) in [7, 11) is -7.83. The number of carbonyl (C=O) groups excluding carboxylic acids is 1. The van der Waals surface area contributed by atoms with Gasteiger partial charge in [0.25, 0.3) is 0 Å². The Morgan fingerprint density at radius 3 is 2.27 bits per heavy atom. The van der Waals surface area contributed by atoms with Crippen molar-refractivity contribution in [1.82, 2.24) is 9.21 Å². The average molecular weight is 402 g/mol. The predicted molar refractivity (Wildman–Crippen MR) is 93.9 cm³/mol. The van der Waals surface area contributed by atoms with Crippen LogP contribution in [0.1, 0.15) is 12.8 Å². The summed E-state index contributed by atoms with van der Waals surface area (Å²) in [5.41, 5.74) is 0. The molecule has 144 valence electrons. The van der Waals surface area contributed by atoms with Gasteiger partial charge in [0.1, 0.15) is 10.9 Å². The van der Waals surface area contributed by atoms with E-state index in [1.165, 1.54) is 24.3 Å². The summed E-state index contributed by atoms with van der Waals surface area (Å²) < 4.78 is 56.7. The second kappa shape index (κ2) is 7.26. The number of hydrogen-bond donors (Lipinski definition) is 0. The summed E-state index contributed by atoms with van der Waals surface area (Å²) in [6.07, 6.45) is 1.96. The molecule has 0 spiro atoms. The SMILES string of the molecule is CS(=O)(=O)c1ccccc1S(=O)(=O)N1CCCC1C(=O)N1CCOCC1. The molecule has 1 aromatic carbocycles. The molecule has 3 rings (SSSR count). The van der Waals surface area contributed by atoms with Crippen LogP contribution in [0.4, 0.5) is 0 Å². The second-order valence-electron chi connectivity index (χ2n) is 6.43. The summed E-state index contributed by atoms with van der Waals surface area (Å²) in [6.45, 7) is 1.93. The Morgan fingerprint density at radius 2 is 1.65 bits per heavy atom. The molecular formula is C16H22N2O6S2. The Balaban J connectivity index is 1.95. The van der Waals surface area contributed by atoms with E-state index in [4.69, 9.17) is 4.74 Å². The summed E-state index contributed by atoms with van der Waals surface area (Å²) >= 11 is 0. The van der Waals surface area contributed by atoms with Crippen molar-refractivity contribution in [2.24, 2.45) is 0 Å². The van der Waals surface area contributed by atoms with Gasteiger partial charge in [-0.05, 0) is 25.0 Å². The van der Waals surface area contributed by atoms with Crippen LogP contribution in [0.15, 0.2) is 34.1 Å². The molecule has 2 heterocycles. The number of nitrogens with zero attached hydrogens (tertiary/aromatic N) is 2. The van der Waals surface area contributed by atoms with Gasteiger partial charge in [0.15, 0.2) is 9.84 Å². The molecule has 0 saturated carbocycles. The Morgan fingerprint density at radius 1 is 1.04 bits per heavy atom. The largest absolute Gasteiger partial charge is 0.378 e. The Bertz CT molecular complexity index is 891. The Kier molecular flexibility index (Phi) is 5.38. The van der Waals surface area contributed by atoms with Crippen LogP contribution in [0.5, 0.6) is 0 Å². The molecule has 1 atom stereocenters. The van der Waals surface area contributed by atoms with Gasteiger partial charge in [0.05, 0.1) is 18.1 Å². The van der Waals surface area contributed by atoms with Gasteiger partial charge in [-0.25, -0.2) is 16.8 Å². The van der Waals surface area contributed by atoms with Crippen LogP contribution in [-0.4, -0.2) is 77.1 Å². The summed E-state index contributed by atoms with van der Waals surface area (Å²) in [5.74, 6) is -0.244. The molecule has 2 fully saturated rings. The first-order valence-corrected chi connectivity index (χ1v) is 11.7. The zero-order valence-electron chi connectivity index (χ0n) is 14.5. The Labute approximate surface area is 153 Å². The van der Waals surface area contributed by atoms with E-state index in [0.29, 0.717) is 39.1 Å². The molecule has 0 radical (unpaired) electrons. The van der Waals surface area contributed by atoms with Crippen LogP contribution in [0, 0.1) is 0 Å². The lowest BCUT2D eigenvalue weighted by atomic mass is 10.2. The molecule has 0 bridgehead atoms. The van der Waals surface area contributed by atoms with Crippen molar-refractivity contribution >= 4 is 25.8 Å². The van der Waals surface area contributed by atoms with E-state index in [1.54, 1.807) is 4.90 Å². The molecule has 0 aliphatic carbocycles. The van der Waals surface area contributed by atoms with Crippen molar-refractivity contribution in [3.05, 3.63) is 24.3 Å². The minimum atomic E-state index is -4.11. The van der Waals surface area contributed by atoms with Crippen LogP contribution >= 0.6 is 0 Å². The van der Waals surface area contributed by atoms with Crippen molar-refractivity contribution in [2.75, 3.05) is 39.1 Å². The van der Waals surface area contributed by atoms with E-state index in [-0.39, 0.29) is 22.2 Å². The first-order valence-electron chi connectivity index (χ1n) is 8.40. The van der Waals surface area contributed by atoms with E-state index in [1.807, 2.05) is 0 Å². The first kappa shape index (κ1) is 19.3. The van der Waals surface area contributed by atoms with Crippen molar-refractivity contribution in [3.8, 4) is 0 Å². The van der Waals surface area contributed by atoms with Gasteiger partial charge in [0.2, 0.25) is 15.9 Å². The quantitative estimate of drug-likeness (QED) is 0.708. The van der Waals surface area contributed by atoms with Gasteiger partial charge in [-0.2, -0.15) is 4.31 Å². The topological polar surface area (TPSA) is 101 Å². The minimum absolute atomic E-state index is 0.196. The second-order valence-corrected chi connectivity index (χ2v) is 10.3. The number of ether oxygens (including phenoxy) is 1. The number of sulfone groups is 1. The van der Waals surface area contributed by atoms with Crippen LogP contribution in [0.25, 0.3) is 0 Å². The molecule has 10 heteroatoms. The lowest BCUT2D eigenvalue weighted by Gasteiger charge is -2.32. The maximum atomic E-state index is 13.2. The highest BCUT2D eigenvalue weighted by atomic mass is 32.2. The average Bonchev–Trinajstić information content (AvgIpc) is 3.12. The number of sulfonamides is 1. The van der Waals surface area contributed by atoms with Gasteiger partial charge in [0, 0.05) is 25.9 Å². The predicted octanol–water partition coefficient (Wildman–Crippen LogP) is 0.102. The standard InChI is InChI=1S/C16H22N2O6S2/c1-25(20,21)14-6-2-3-7-15(14)26(22,23)18-8-4-5-13(18)16(19)17-9-11-24-12-10-17/h2-3,6-7,13H,4-5,8-12H2,1H3. The van der Waals surface area contributed by atoms with E-state index in [2.05, 4.69) is 0 Å². The molecule has 1 amide bonds. The van der Waals surface area contributed by atoms with Crippen molar-refractivity contribution in [1.29, 1.82) is 0 Å². The monoisotopic (exact) mass is 402 g/mol. The van der Waals surface area contributed by atoms with E-state index < -0.39 is 25.9 Å².